The number of pyridine rings is 1. The molecule has 11 heteroatoms. The lowest BCUT2D eigenvalue weighted by Gasteiger charge is -2.22. The number of carbonyl (C=O) groups excluding carboxylic acids is 1. The van der Waals surface area contributed by atoms with Crippen LogP contribution in [0.4, 0.5) is 32.1 Å². The van der Waals surface area contributed by atoms with Crippen molar-refractivity contribution in [1.29, 1.82) is 0 Å². The van der Waals surface area contributed by atoms with E-state index in [1.807, 2.05) is 12.1 Å². The van der Waals surface area contributed by atoms with E-state index in [-0.39, 0.29) is 40.8 Å². The van der Waals surface area contributed by atoms with Crippen molar-refractivity contribution in [3.63, 3.8) is 0 Å². The van der Waals surface area contributed by atoms with Crippen LogP contribution in [-0.4, -0.2) is 45.0 Å². The molecule has 5 rings (SSSR count). The Labute approximate surface area is 206 Å². The van der Waals surface area contributed by atoms with Gasteiger partial charge < -0.3 is 26.4 Å². The molecule has 188 valence electrons. The van der Waals surface area contributed by atoms with Gasteiger partial charge in [0, 0.05) is 24.5 Å². The minimum absolute atomic E-state index is 0.121. The van der Waals surface area contributed by atoms with Crippen molar-refractivity contribution < 1.29 is 18.7 Å². The number of anilines is 4. The van der Waals surface area contributed by atoms with E-state index >= 15 is 0 Å². The molecule has 1 aromatic carbocycles. The summed E-state index contributed by atoms with van der Waals surface area (Å²) in [6, 6.07) is 10.5. The average Bonchev–Trinajstić information content (AvgIpc) is 3.68. The van der Waals surface area contributed by atoms with Crippen LogP contribution in [0.25, 0.3) is 0 Å². The molecule has 1 unspecified atom stereocenters. The second kappa shape index (κ2) is 9.75. The second-order valence-corrected chi connectivity index (χ2v) is 9.22. The molecule has 3 aromatic rings. The lowest BCUT2D eigenvalue weighted by atomic mass is 10.0. The third kappa shape index (κ3) is 5.26. The fraction of sp³-hybridized carbons (Fsp3) is 0.360. The molecule has 3 heterocycles. The zero-order valence-electron chi connectivity index (χ0n) is 19.7. The van der Waals surface area contributed by atoms with Crippen molar-refractivity contribution in [3.8, 4) is 0 Å². The predicted octanol–water partition coefficient (Wildman–Crippen LogP) is 3.37. The maximum Gasteiger partial charge on any atom is 0.272 e. The van der Waals surface area contributed by atoms with Gasteiger partial charge in [0.1, 0.15) is 17.2 Å². The van der Waals surface area contributed by atoms with Crippen molar-refractivity contribution in [1.82, 2.24) is 25.6 Å². The van der Waals surface area contributed by atoms with Crippen LogP contribution >= 0.6 is 0 Å². The average molecular weight is 496 g/mol. The van der Waals surface area contributed by atoms with E-state index in [1.165, 1.54) is 29.5 Å². The molecule has 1 aliphatic heterocycles. The Bertz CT molecular complexity index is 1280. The van der Waals surface area contributed by atoms with Gasteiger partial charge >= 0.3 is 0 Å². The van der Waals surface area contributed by atoms with Crippen LogP contribution < -0.4 is 21.3 Å². The van der Waals surface area contributed by atoms with Crippen molar-refractivity contribution in [2.45, 2.75) is 50.8 Å². The van der Waals surface area contributed by atoms with Crippen molar-refractivity contribution >= 4 is 29.2 Å². The van der Waals surface area contributed by atoms with Gasteiger partial charge in [-0.2, -0.15) is 4.98 Å². The Hall–Kier alpha value is -3.70. The van der Waals surface area contributed by atoms with Crippen molar-refractivity contribution in [2.75, 3.05) is 17.2 Å². The standard InChI is InChI=1S/C25H27F2N7O2/c1-25(36,23(26)27)19-3-2-4-20(32-19)33-21-18(22(35)30-16-7-8-16)13-29-24(34-21)31-17-6-5-15-12-28-10-9-14(15)11-17/h2-6,11,13,16,23,28,36H,7-10,12H2,1H3,(H,30,35)(H2,29,31,32,33,34). The van der Waals surface area contributed by atoms with Crippen LogP contribution in [0.5, 0.6) is 0 Å². The van der Waals surface area contributed by atoms with E-state index in [9.17, 15) is 18.7 Å². The van der Waals surface area contributed by atoms with Gasteiger partial charge in [0.25, 0.3) is 12.3 Å². The number of amides is 1. The highest BCUT2D eigenvalue weighted by molar-refractivity contribution is 5.99. The monoisotopic (exact) mass is 495 g/mol. The van der Waals surface area contributed by atoms with E-state index < -0.39 is 12.0 Å². The minimum atomic E-state index is -3.03. The maximum absolute atomic E-state index is 13.3. The molecule has 36 heavy (non-hydrogen) atoms. The van der Waals surface area contributed by atoms with Crippen LogP contribution in [0.1, 0.15) is 46.9 Å². The Balaban J connectivity index is 1.44. The molecule has 9 nitrogen and oxygen atoms in total. The van der Waals surface area contributed by atoms with Gasteiger partial charge in [-0.1, -0.05) is 12.1 Å². The fourth-order valence-electron chi connectivity index (χ4n) is 3.90. The number of alkyl halides is 2. The van der Waals surface area contributed by atoms with E-state index in [0.29, 0.717) is 0 Å². The summed E-state index contributed by atoms with van der Waals surface area (Å²) in [5, 5.41) is 22.5. The van der Waals surface area contributed by atoms with Crippen LogP contribution in [0.2, 0.25) is 0 Å². The number of aliphatic hydroxyl groups is 1. The molecule has 1 amide bonds. The van der Waals surface area contributed by atoms with Gasteiger partial charge in [0.05, 0.1) is 5.69 Å². The van der Waals surface area contributed by atoms with Gasteiger partial charge in [-0.15, -0.1) is 0 Å². The molecule has 1 fully saturated rings. The highest BCUT2D eigenvalue weighted by atomic mass is 19.3. The summed E-state index contributed by atoms with van der Waals surface area (Å²) in [5.41, 5.74) is 0.853. The molecule has 0 bridgehead atoms. The molecule has 1 saturated carbocycles. The van der Waals surface area contributed by atoms with Crippen molar-refractivity contribution in [2.24, 2.45) is 0 Å². The summed E-state index contributed by atoms with van der Waals surface area (Å²) in [4.78, 5) is 25.8. The first-order valence-electron chi connectivity index (χ1n) is 11.8. The molecule has 1 aliphatic carbocycles. The van der Waals surface area contributed by atoms with E-state index in [2.05, 4.69) is 42.3 Å². The number of fused-ring (bicyclic) bond motifs is 1. The van der Waals surface area contributed by atoms with Crippen LogP contribution in [0.15, 0.2) is 42.6 Å². The normalized spacial score (nSPS) is 16.7. The molecule has 1 atom stereocenters. The number of aromatic nitrogens is 3. The molecule has 0 spiro atoms. The third-order valence-electron chi connectivity index (χ3n) is 6.23. The Morgan fingerprint density at radius 3 is 2.78 bits per heavy atom. The number of nitrogens with zero attached hydrogens (tertiary/aromatic N) is 3. The van der Waals surface area contributed by atoms with E-state index in [4.69, 9.17) is 0 Å². The number of halogens is 2. The number of carbonyl (C=O) groups is 1. The summed E-state index contributed by atoms with van der Waals surface area (Å²) >= 11 is 0. The summed E-state index contributed by atoms with van der Waals surface area (Å²) in [7, 11) is 0. The summed E-state index contributed by atoms with van der Waals surface area (Å²) in [6.07, 6.45) is 1.13. The molecular formula is C25H27F2N7O2. The zero-order valence-corrected chi connectivity index (χ0v) is 19.7. The van der Waals surface area contributed by atoms with Crippen molar-refractivity contribution in [3.05, 3.63) is 65.0 Å². The number of rotatable bonds is 8. The lowest BCUT2D eigenvalue weighted by Crippen LogP contribution is -2.31. The second-order valence-electron chi connectivity index (χ2n) is 9.22. The van der Waals surface area contributed by atoms with E-state index in [0.717, 1.165) is 45.0 Å². The highest BCUT2D eigenvalue weighted by Crippen LogP contribution is 2.29. The fourth-order valence-corrected chi connectivity index (χ4v) is 3.90. The first-order valence-corrected chi connectivity index (χ1v) is 11.8. The molecule has 0 radical (unpaired) electrons. The van der Waals surface area contributed by atoms with Gasteiger partial charge in [-0.25, -0.2) is 18.7 Å². The summed E-state index contributed by atoms with van der Waals surface area (Å²) in [6.45, 7) is 2.74. The number of nitrogens with one attached hydrogen (secondary N) is 4. The zero-order chi connectivity index (χ0) is 25.3. The molecular weight excluding hydrogens is 468 g/mol. The largest absolute Gasteiger partial charge is 0.378 e. The Morgan fingerprint density at radius 2 is 2.00 bits per heavy atom. The topological polar surface area (TPSA) is 124 Å². The lowest BCUT2D eigenvalue weighted by molar-refractivity contribution is -0.0909. The quantitative estimate of drug-likeness (QED) is 0.322. The maximum atomic E-state index is 13.3. The smallest absolute Gasteiger partial charge is 0.272 e. The summed E-state index contributed by atoms with van der Waals surface area (Å²) in [5.74, 6) is 0.225. The highest BCUT2D eigenvalue weighted by Gasteiger charge is 2.36. The molecule has 2 aliphatic rings. The van der Waals surface area contributed by atoms with E-state index in [1.54, 1.807) is 6.07 Å². The first kappa shape index (κ1) is 24.0. The predicted molar refractivity (Wildman–Crippen MR) is 131 cm³/mol. The van der Waals surface area contributed by atoms with Crippen LogP contribution in [0, 0.1) is 0 Å². The van der Waals surface area contributed by atoms with Gasteiger partial charge in [-0.3, -0.25) is 4.79 Å². The molecule has 2 aromatic heterocycles. The van der Waals surface area contributed by atoms with Crippen LogP contribution in [-0.2, 0) is 18.6 Å². The number of benzene rings is 1. The molecule has 5 N–H and O–H groups in total. The van der Waals surface area contributed by atoms with Gasteiger partial charge in [0.15, 0.2) is 5.60 Å². The minimum Gasteiger partial charge on any atom is -0.378 e. The summed E-state index contributed by atoms with van der Waals surface area (Å²) < 4.78 is 26.6. The SMILES string of the molecule is CC(O)(c1cccc(Nc2nc(Nc3ccc4c(c3)CCNC4)ncc2C(=O)NC2CC2)n1)C(F)F. The van der Waals surface area contributed by atoms with Gasteiger partial charge in [-0.05, 0) is 68.1 Å². The van der Waals surface area contributed by atoms with Gasteiger partial charge in [0.2, 0.25) is 5.95 Å². The molecule has 0 saturated heterocycles. The third-order valence-corrected chi connectivity index (χ3v) is 6.23. The Morgan fingerprint density at radius 1 is 1.17 bits per heavy atom. The number of hydrogen-bond acceptors (Lipinski definition) is 8. The number of hydrogen-bond donors (Lipinski definition) is 5. The first-order chi connectivity index (χ1) is 17.3. The Kier molecular flexibility index (Phi) is 6.50. The van der Waals surface area contributed by atoms with Crippen LogP contribution in [0.3, 0.4) is 0 Å².